The number of nitrogens with one attached hydrogen (secondary N) is 1. The van der Waals surface area contributed by atoms with Gasteiger partial charge in [-0.05, 0) is 0 Å². The Bertz CT molecular complexity index is 366. The maximum Gasteiger partial charge on any atom is 0.202 e. The van der Waals surface area contributed by atoms with E-state index in [9.17, 15) is 0 Å². The van der Waals surface area contributed by atoms with Crippen LogP contribution in [-0.4, -0.2) is 24.4 Å². The van der Waals surface area contributed by atoms with Gasteiger partial charge in [0.1, 0.15) is 12.0 Å². The minimum atomic E-state index is 0.628. The molecular weight excluding hydrogens is 188 g/mol. The van der Waals surface area contributed by atoms with E-state index < -0.39 is 0 Å². The molecular formula is C6H8N6S. The van der Waals surface area contributed by atoms with Crippen molar-refractivity contribution in [2.45, 2.75) is 6.54 Å². The Morgan fingerprint density at radius 1 is 1.62 bits per heavy atom. The molecule has 0 aromatic carbocycles. The predicted octanol–water partition coefficient (Wildman–Crippen LogP) is 0.279. The fraction of sp³-hybridized carbons (Fsp3) is 0.333. The zero-order chi connectivity index (χ0) is 9.10. The Balaban J connectivity index is 1.93. The molecule has 0 amide bonds. The van der Waals surface area contributed by atoms with E-state index in [0.717, 1.165) is 10.8 Å². The van der Waals surface area contributed by atoms with Gasteiger partial charge in [0.25, 0.3) is 0 Å². The highest BCUT2D eigenvalue weighted by Crippen LogP contribution is 2.07. The summed E-state index contributed by atoms with van der Waals surface area (Å²) >= 11 is 1.32. The zero-order valence-electron chi connectivity index (χ0n) is 7.01. The van der Waals surface area contributed by atoms with Gasteiger partial charge in [-0.15, -0.1) is 5.10 Å². The molecule has 7 heteroatoms. The highest BCUT2D eigenvalue weighted by atomic mass is 32.1. The maximum absolute atomic E-state index is 3.98. The van der Waals surface area contributed by atoms with Crippen LogP contribution in [0.4, 0.5) is 5.13 Å². The molecule has 0 fully saturated rings. The normalized spacial score (nSPS) is 10.2. The second-order valence-corrected chi connectivity index (χ2v) is 3.26. The number of nitrogens with zero attached hydrogens (tertiary/aromatic N) is 5. The molecule has 2 aromatic rings. The average molecular weight is 196 g/mol. The third kappa shape index (κ3) is 2.00. The van der Waals surface area contributed by atoms with Gasteiger partial charge >= 0.3 is 0 Å². The summed E-state index contributed by atoms with van der Waals surface area (Å²) in [7, 11) is 1.83. The molecule has 0 unspecified atom stereocenters. The van der Waals surface area contributed by atoms with Gasteiger partial charge in [-0.3, -0.25) is 4.68 Å². The summed E-state index contributed by atoms with van der Waals surface area (Å²) in [6.45, 7) is 0.628. The first-order chi connectivity index (χ1) is 6.34. The fourth-order valence-corrected chi connectivity index (χ4v) is 1.32. The van der Waals surface area contributed by atoms with E-state index in [1.165, 1.54) is 17.9 Å². The molecule has 13 heavy (non-hydrogen) atoms. The summed E-state index contributed by atoms with van der Waals surface area (Å²) in [5.41, 5.74) is 0.887. The SMILES string of the molecule is Cn1cc(CNc2ncns2)nn1. The van der Waals surface area contributed by atoms with Crippen molar-refractivity contribution in [2.24, 2.45) is 7.05 Å². The van der Waals surface area contributed by atoms with Crippen LogP contribution < -0.4 is 5.32 Å². The Kier molecular flexibility index (Phi) is 2.17. The van der Waals surface area contributed by atoms with Crippen LogP contribution >= 0.6 is 11.5 Å². The average Bonchev–Trinajstić information content (AvgIpc) is 2.71. The van der Waals surface area contributed by atoms with E-state index in [1.807, 2.05) is 13.2 Å². The van der Waals surface area contributed by atoms with E-state index in [4.69, 9.17) is 0 Å². The van der Waals surface area contributed by atoms with Crippen molar-refractivity contribution in [3.05, 3.63) is 18.2 Å². The van der Waals surface area contributed by atoms with Crippen LogP contribution in [0.5, 0.6) is 0 Å². The summed E-state index contributed by atoms with van der Waals surface area (Å²) in [5, 5.41) is 11.6. The molecule has 6 nitrogen and oxygen atoms in total. The smallest absolute Gasteiger partial charge is 0.202 e. The van der Waals surface area contributed by atoms with Crippen LogP contribution in [-0.2, 0) is 13.6 Å². The summed E-state index contributed by atoms with van der Waals surface area (Å²) in [4.78, 5) is 3.98. The van der Waals surface area contributed by atoms with Gasteiger partial charge in [0, 0.05) is 24.8 Å². The molecule has 0 atom stereocenters. The Labute approximate surface area is 78.8 Å². The summed E-state index contributed by atoms with van der Waals surface area (Å²) in [5.74, 6) is 0. The molecule has 2 aromatic heterocycles. The van der Waals surface area contributed by atoms with Crippen LogP contribution in [0.3, 0.4) is 0 Å². The molecule has 0 spiro atoms. The molecule has 0 bridgehead atoms. The lowest BCUT2D eigenvalue weighted by Gasteiger charge is -1.95. The largest absolute Gasteiger partial charge is 0.355 e. The monoisotopic (exact) mass is 196 g/mol. The van der Waals surface area contributed by atoms with Gasteiger partial charge in [-0.2, -0.15) is 4.37 Å². The molecule has 2 rings (SSSR count). The van der Waals surface area contributed by atoms with Gasteiger partial charge in [0.05, 0.1) is 6.54 Å². The van der Waals surface area contributed by atoms with Gasteiger partial charge in [0.2, 0.25) is 5.13 Å². The Morgan fingerprint density at radius 2 is 2.54 bits per heavy atom. The Hall–Kier alpha value is -1.50. The standard InChI is InChI=1S/C6H8N6S/c1-12-3-5(10-11-12)2-7-6-8-4-9-13-6/h3-4H,2H2,1H3,(H,7,8,9). The van der Waals surface area contributed by atoms with Crippen LogP contribution in [0.2, 0.25) is 0 Å². The van der Waals surface area contributed by atoms with Crippen LogP contribution in [0.1, 0.15) is 5.69 Å². The second-order valence-electron chi connectivity index (χ2n) is 2.48. The lowest BCUT2D eigenvalue weighted by atomic mass is 10.5. The molecule has 1 N–H and O–H groups in total. The van der Waals surface area contributed by atoms with Crippen molar-refractivity contribution in [1.29, 1.82) is 0 Å². The molecule has 0 saturated carbocycles. The van der Waals surface area contributed by atoms with E-state index >= 15 is 0 Å². The van der Waals surface area contributed by atoms with Crippen molar-refractivity contribution in [2.75, 3.05) is 5.32 Å². The number of hydrogen-bond acceptors (Lipinski definition) is 6. The minimum absolute atomic E-state index is 0.628. The number of rotatable bonds is 3. The first kappa shape index (κ1) is 8.11. The lowest BCUT2D eigenvalue weighted by Crippen LogP contribution is -1.98. The van der Waals surface area contributed by atoms with Gasteiger partial charge in [-0.1, -0.05) is 5.21 Å². The summed E-state index contributed by atoms with van der Waals surface area (Å²) in [6, 6.07) is 0. The van der Waals surface area contributed by atoms with Gasteiger partial charge < -0.3 is 5.32 Å². The van der Waals surface area contributed by atoms with Crippen molar-refractivity contribution < 1.29 is 0 Å². The Morgan fingerprint density at radius 3 is 3.15 bits per heavy atom. The van der Waals surface area contributed by atoms with Crippen molar-refractivity contribution in [3.8, 4) is 0 Å². The van der Waals surface area contributed by atoms with Crippen LogP contribution in [0, 0.1) is 0 Å². The number of hydrogen-bond donors (Lipinski definition) is 1. The van der Waals surface area contributed by atoms with Crippen molar-refractivity contribution >= 4 is 16.7 Å². The number of aryl methyl sites for hydroxylation is 1. The third-order valence-electron chi connectivity index (χ3n) is 1.43. The van der Waals surface area contributed by atoms with Crippen molar-refractivity contribution in [3.63, 3.8) is 0 Å². The highest BCUT2D eigenvalue weighted by molar-refractivity contribution is 7.09. The first-order valence-electron chi connectivity index (χ1n) is 3.70. The summed E-state index contributed by atoms with van der Waals surface area (Å²) < 4.78 is 5.53. The van der Waals surface area contributed by atoms with Crippen LogP contribution in [0.15, 0.2) is 12.5 Å². The molecule has 0 aliphatic heterocycles. The van der Waals surface area contributed by atoms with Gasteiger partial charge in [-0.25, -0.2) is 4.98 Å². The molecule has 0 radical (unpaired) electrons. The molecule has 0 saturated heterocycles. The molecule has 0 aliphatic rings. The van der Waals surface area contributed by atoms with Crippen molar-refractivity contribution in [1.82, 2.24) is 24.4 Å². The third-order valence-corrected chi connectivity index (χ3v) is 2.05. The minimum Gasteiger partial charge on any atom is -0.355 e. The highest BCUT2D eigenvalue weighted by Gasteiger charge is 1.99. The van der Waals surface area contributed by atoms with E-state index in [-0.39, 0.29) is 0 Å². The van der Waals surface area contributed by atoms with E-state index in [1.54, 1.807) is 4.68 Å². The molecule has 0 aliphatic carbocycles. The maximum atomic E-state index is 3.98. The lowest BCUT2D eigenvalue weighted by molar-refractivity contribution is 0.713. The fourth-order valence-electron chi connectivity index (χ4n) is 0.893. The van der Waals surface area contributed by atoms with E-state index in [0.29, 0.717) is 6.54 Å². The topological polar surface area (TPSA) is 68.5 Å². The zero-order valence-corrected chi connectivity index (χ0v) is 7.82. The second kappa shape index (κ2) is 3.48. The van der Waals surface area contributed by atoms with Crippen LogP contribution in [0.25, 0.3) is 0 Å². The first-order valence-corrected chi connectivity index (χ1v) is 4.47. The quantitative estimate of drug-likeness (QED) is 0.763. The number of aromatic nitrogens is 5. The predicted molar refractivity (Wildman–Crippen MR) is 48.2 cm³/mol. The van der Waals surface area contributed by atoms with E-state index in [2.05, 4.69) is 25.0 Å². The summed E-state index contributed by atoms with van der Waals surface area (Å²) in [6.07, 6.45) is 3.37. The number of anilines is 1. The van der Waals surface area contributed by atoms with Gasteiger partial charge in [0.15, 0.2) is 0 Å². The molecule has 2 heterocycles. The molecule has 68 valence electrons.